The van der Waals surface area contributed by atoms with Crippen LogP contribution in [0.1, 0.15) is 17.3 Å². The van der Waals surface area contributed by atoms with Crippen molar-refractivity contribution in [3.63, 3.8) is 0 Å². The average Bonchev–Trinajstić information content (AvgIpc) is 3.15. The van der Waals surface area contributed by atoms with E-state index in [9.17, 15) is 9.90 Å². The van der Waals surface area contributed by atoms with Gasteiger partial charge in [0.1, 0.15) is 10.8 Å². The van der Waals surface area contributed by atoms with E-state index in [0.717, 1.165) is 21.9 Å². The van der Waals surface area contributed by atoms with Crippen molar-refractivity contribution in [1.82, 2.24) is 10.3 Å². The predicted molar refractivity (Wildman–Crippen MR) is 102 cm³/mol. The van der Waals surface area contributed by atoms with Gasteiger partial charge in [-0.3, -0.25) is 4.79 Å². The van der Waals surface area contributed by atoms with Gasteiger partial charge in [0.15, 0.2) is 0 Å². The lowest BCUT2D eigenvalue weighted by atomic mass is 10.1. The first-order valence-corrected chi connectivity index (χ1v) is 9.11. The van der Waals surface area contributed by atoms with Crippen LogP contribution in [0.4, 0.5) is 0 Å². The monoisotopic (exact) mass is 368 g/mol. The number of amides is 1. The molecule has 3 aromatic rings. The second-order valence-corrected chi connectivity index (χ2v) is 6.62. The molecule has 0 spiro atoms. The van der Waals surface area contributed by atoms with Gasteiger partial charge in [0.2, 0.25) is 5.91 Å². The number of rotatable bonds is 7. The van der Waals surface area contributed by atoms with Gasteiger partial charge in [-0.15, -0.1) is 11.3 Å². The summed E-state index contributed by atoms with van der Waals surface area (Å²) in [6, 6.07) is 16.7. The maximum atomic E-state index is 12.3. The number of hydrogen-bond donors (Lipinski definition) is 2. The van der Waals surface area contributed by atoms with Gasteiger partial charge in [0.25, 0.3) is 0 Å². The highest BCUT2D eigenvalue weighted by Crippen LogP contribution is 2.26. The molecule has 0 aliphatic carbocycles. The van der Waals surface area contributed by atoms with Gasteiger partial charge in [-0.1, -0.05) is 30.3 Å². The summed E-state index contributed by atoms with van der Waals surface area (Å²) in [5, 5.41) is 15.1. The third kappa shape index (κ3) is 4.47. The van der Waals surface area contributed by atoms with Gasteiger partial charge in [0, 0.05) is 10.9 Å². The minimum absolute atomic E-state index is 0.149. The molecular weight excluding hydrogens is 348 g/mol. The summed E-state index contributed by atoms with van der Waals surface area (Å²) in [5.41, 5.74) is 2.57. The molecule has 0 unspecified atom stereocenters. The largest absolute Gasteiger partial charge is 0.497 e. The summed E-state index contributed by atoms with van der Waals surface area (Å²) in [6.45, 7) is -0.149. The van der Waals surface area contributed by atoms with E-state index >= 15 is 0 Å². The third-order valence-electron chi connectivity index (χ3n) is 3.95. The van der Waals surface area contributed by atoms with Crippen LogP contribution in [0.2, 0.25) is 0 Å². The summed E-state index contributed by atoms with van der Waals surface area (Å²) in [6.07, 6.45) is 0.177. The maximum Gasteiger partial charge on any atom is 0.226 e. The Labute approximate surface area is 156 Å². The Kier molecular flexibility index (Phi) is 5.99. The molecule has 26 heavy (non-hydrogen) atoms. The van der Waals surface area contributed by atoms with Crippen LogP contribution >= 0.6 is 11.3 Å². The van der Waals surface area contributed by atoms with Crippen LogP contribution in [0.5, 0.6) is 5.75 Å². The zero-order valence-corrected chi connectivity index (χ0v) is 15.2. The topological polar surface area (TPSA) is 71.5 Å². The highest BCUT2D eigenvalue weighted by molar-refractivity contribution is 7.13. The number of carbonyl (C=O) groups is 1. The Hall–Kier alpha value is -2.70. The first kappa shape index (κ1) is 18.1. The Bertz CT molecular complexity index is 847. The van der Waals surface area contributed by atoms with Crippen LogP contribution in [0.25, 0.3) is 10.6 Å². The van der Waals surface area contributed by atoms with Crippen molar-refractivity contribution in [2.45, 2.75) is 12.5 Å². The lowest BCUT2D eigenvalue weighted by Gasteiger charge is -2.16. The number of thiazole rings is 1. The molecule has 1 aromatic heterocycles. The first-order chi connectivity index (χ1) is 12.7. The van der Waals surface area contributed by atoms with E-state index in [2.05, 4.69) is 10.3 Å². The fraction of sp³-hybridized carbons (Fsp3) is 0.200. The normalized spacial score (nSPS) is 11.8. The minimum atomic E-state index is -0.414. The van der Waals surface area contributed by atoms with Gasteiger partial charge >= 0.3 is 0 Å². The second kappa shape index (κ2) is 8.60. The number of ether oxygens (including phenoxy) is 1. The molecular formula is C20H20N2O3S. The molecule has 0 aliphatic heterocycles. The first-order valence-electron chi connectivity index (χ1n) is 8.23. The Morgan fingerprint density at radius 1 is 1.19 bits per heavy atom. The highest BCUT2D eigenvalue weighted by Gasteiger charge is 2.15. The lowest BCUT2D eigenvalue weighted by molar-refractivity contribution is -0.121. The van der Waals surface area contributed by atoms with E-state index in [0.29, 0.717) is 5.69 Å². The van der Waals surface area contributed by atoms with Gasteiger partial charge < -0.3 is 15.2 Å². The van der Waals surface area contributed by atoms with E-state index in [4.69, 9.17) is 4.74 Å². The second-order valence-electron chi connectivity index (χ2n) is 5.76. The standard InChI is InChI=1S/C20H20N2O3S/c1-25-17-9-7-15(8-10-17)20-21-16(13-26-20)11-19(24)22-18(12-23)14-5-3-2-4-6-14/h2-10,13,18,23H,11-12H2,1H3,(H,22,24)/t18-/m1/s1. The molecule has 0 saturated heterocycles. The van der Waals surface area contributed by atoms with Crippen molar-refractivity contribution >= 4 is 17.2 Å². The van der Waals surface area contributed by atoms with E-state index < -0.39 is 6.04 Å². The SMILES string of the molecule is COc1ccc(-c2nc(CC(=O)N[C@H](CO)c3ccccc3)cs2)cc1. The van der Waals surface area contributed by atoms with Gasteiger partial charge in [-0.25, -0.2) is 4.98 Å². The summed E-state index contributed by atoms with van der Waals surface area (Å²) >= 11 is 1.50. The molecule has 5 nitrogen and oxygen atoms in total. The predicted octanol–water partition coefficient (Wildman–Crippen LogP) is 3.21. The molecule has 1 amide bonds. The fourth-order valence-electron chi connectivity index (χ4n) is 2.58. The number of aliphatic hydroxyl groups excluding tert-OH is 1. The number of aromatic nitrogens is 1. The number of hydrogen-bond acceptors (Lipinski definition) is 5. The fourth-order valence-corrected chi connectivity index (χ4v) is 3.41. The molecule has 0 aliphatic rings. The molecule has 134 valence electrons. The molecule has 1 atom stereocenters. The van der Waals surface area contributed by atoms with E-state index in [1.807, 2.05) is 60.0 Å². The Balaban J connectivity index is 1.63. The van der Waals surface area contributed by atoms with Crippen molar-refractivity contribution in [2.75, 3.05) is 13.7 Å². The average molecular weight is 368 g/mol. The van der Waals surface area contributed by atoms with Crippen molar-refractivity contribution in [3.05, 3.63) is 71.2 Å². The van der Waals surface area contributed by atoms with Crippen LogP contribution in [-0.4, -0.2) is 29.7 Å². The van der Waals surface area contributed by atoms with Crippen molar-refractivity contribution < 1.29 is 14.6 Å². The van der Waals surface area contributed by atoms with Crippen LogP contribution in [0.15, 0.2) is 60.0 Å². The molecule has 6 heteroatoms. The molecule has 2 N–H and O–H groups in total. The van der Waals surface area contributed by atoms with Crippen LogP contribution in [0.3, 0.4) is 0 Å². The molecule has 0 radical (unpaired) electrons. The minimum Gasteiger partial charge on any atom is -0.497 e. The number of nitrogens with one attached hydrogen (secondary N) is 1. The molecule has 2 aromatic carbocycles. The highest BCUT2D eigenvalue weighted by atomic mass is 32.1. The van der Waals surface area contributed by atoms with Crippen LogP contribution in [-0.2, 0) is 11.2 Å². The molecule has 3 rings (SSSR count). The van der Waals surface area contributed by atoms with Crippen molar-refractivity contribution in [3.8, 4) is 16.3 Å². The molecule has 0 saturated carbocycles. The van der Waals surface area contributed by atoms with E-state index in [-0.39, 0.29) is 18.9 Å². The van der Waals surface area contributed by atoms with Gasteiger partial charge in [0.05, 0.1) is 31.9 Å². The third-order valence-corrected chi connectivity index (χ3v) is 4.89. The number of nitrogens with zero attached hydrogens (tertiary/aromatic N) is 1. The van der Waals surface area contributed by atoms with E-state index in [1.165, 1.54) is 11.3 Å². The summed E-state index contributed by atoms with van der Waals surface area (Å²) in [4.78, 5) is 16.8. The van der Waals surface area contributed by atoms with E-state index in [1.54, 1.807) is 7.11 Å². The quantitative estimate of drug-likeness (QED) is 0.672. The van der Waals surface area contributed by atoms with Crippen LogP contribution in [0, 0.1) is 0 Å². The summed E-state index contributed by atoms with van der Waals surface area (Å²) < 4.78 is 5.16. The number of carbonyl (C=O) groups excluding carboxylic acids is 1. The summed E-state index contributed by atoms with van der Waals surface area (Å²) in [7, 11) is 1.63. The maximum absolute atomic E-state index is 12.3. The smallest absolute Gasteiger partial charge is 0.226 e. The molecule has 0 bridgehead atoms. The van der Waals surface area contributed by atoms with Crippen molar-refractivity contribution in [2.24, 2.45) is 0 Å². The summed E-state index contributed by atoms with van der Waals surface area (Å²) in [5.74, 6) is 0.625. The lowest BCUT2D eigenvalue weighted by Crippen LogP contribution is -2.32. The van der Waals surface area contributed by atoms with Crippen molar-refractivity contribution in [1.29, 1.82) is 0 Å². The Morgan fingerprint density at radius 2 is 1.92 bits per heavy atom. The molecule has 0 fully saturated rings. The zero-order valence-electron chi connectivity index (χ0n) is 14.4. The van der Waals surface area contributed by atoms with Crippen LogP contribution < -0.4 is 10.1 Å². The molecule has 1 heterocycles. The number of methoxy groups -OCH3 is 1. The van der Waals surface area contributed by atoms with Gasteiger partial charge in [-0.05, 0) is 29.8 Å². The van der Waals surface area contributed by atoms with Gasteiger partial charge in [-0.2, -0.15) is 0 Å². The zero-order chi connectivity index (χ0) is 18.4. The number of aliphatic hydroxyl groups is 1. The Morgan fingerprint density at radius 3 is 2.58 bits per heavy atom. The number of benzene rings is 2.